The Labute approximate surface area is 109 Å². The Morgan fingerprint density at radius 3 is 2.89 bits per heavy atom. The SMILES string of the molecule is CC1(C)CC=C[C@@H]2[C@@H]3CC[C@H](O)CC3C(=O)C[C@@H]21. The van der Waals surface area contributed by atoms with Gasteiger partial charge in [0.2, 0.25) is 0 Å². The van der Waals surface area contributed by atoms with E-state index in [1.807, 2.05) is 0 Å². The summed E-state index contributed by atoms with van der Waals surface area (Å²) in [6.07, 6.45) is 8.90. The number of ketones is 1. The van der Waals surface area contributed by atoms with Crippen molar-refractivity contribution in [2.45, 2.75) is 52.1 Å². The molecule has 2 saturated carbocycles. The van der Waals surface area contributed by atoms with Crippen molar-refractivity contribution < 1.29 is 9.90 Å². The third kappa shape index (κ3) is 1.85. The fourth-order valence-electron chi connectivity index (χ4n) is 4.56. The monoisotopic (exact) mass is 248 g/mol. The fourth-order valence-corrected chi connectivity index (χ4v) is 4.56. The molecule has 0 bridgehead atoms. The van der Waals surface area contributed by atoms with E-state index < -0.39 is 0 Å². The summed E-state index contributed by atoms with van der Waals surface area (Å²) >= 11 is 0. The van der Waals surface area contributed by atoms with Crippen LogP contribution in [0.2, 0.25) is 0 Å². The maximum absolute atomic E-state index is 12.4. The molecular weight excluding hydrogens is 224 g/mol. The minimum Gasteiger partial charge on any atom is -0.393 e. The fraction of sp³-hybridized carbons (Fsp3) is 0.812. The van der Waals surface area contributed by atoms with Crippen molar-refractivity contribution >= 4 is 5.78 Å². The predicted molar refractivity (Wildman–Crippen MR) is 71.0 cm³/mol. The lowest BCUT2D eigenvalue weighted by atomic mass is 9.53. The van der Waals surface area contributed by atoms with E-state index in [1.165, 1.54) is 0 Å². The van der Waals surface area contributed by atoms with Gasteiger partial charge in [0.15, 0.2) is 0 Å². The second-order valence-electron chi connectivity index (χ2n) is 7.21. The molecule has 1 N–H and O–H groups in total. The Balaban J connectivity index is 1.91. The van der Waals surface area contributed by atoms with E-state index in [1.54, 1.807) is 0 Å². The van der Waals surface area contributed by atoms with E-state index in [0.29, 0.717) is 30.0 Å². The van der Waals surface area contributed by atoms with Crippen LogP contribution in [0.3, 0.4) is 0 Å². The van der Waals surface area contributed by atoms with E-state index in [2.05, 4.69) is 26.0 Å². The van der Waals surface area contributed by atoms with Crippen LogP contribution in [0.4, 0.5) is 0 Å². The summed E-state index contributed by atoms with van der Waals surface area (Å²) in [4.78, 5) is 12.4. The molecule has 0 aromatic carbocycles. The number of carbonyl (C=O) groups is 1. The largest absolute Gasteiger partial charge is 0.393 e. The van der Waals surface area contributed by atoms with Crippen LogP contribution in [-0.4, -0.2) is 17.0 Å². The van der Waals surface area contributed by atoms with E-state index >= 15 is 0 Å². The summed E-state index contributed by atoms with van der Waals surface area (Å²) in [5, 5.41) is 9.79. The van der Waals surface area contributed by atoms with Crippen LogP contribution in [0.1, 0.15) is 46.0 Å². The molecule has 0 amide bonds. The van der Waals surface area contributed by atoms with Gasteiger partial charge in [-0.3, -0.25) is 4.79 Å². The van der Waals surface area contributed by atoms with Crippen molar-refractivity contribution in [3.8, 4) is 0 Å². The van der Waals surface area contributed by atoms with Crippen LogP contribution < -0.4 is 0 Å². The molecule has 2 fully saturated rings. The molecule has 0 heterocycles. The van der Waals surface area contributed by atoms with Crippen LogP contribution in [0, 0.1) is 29.1 Å². The van der Waals surface area contributed by atoms with Crippen molar-refractivity contribution in [1.29, 1.82) is 0 Å². The van der Waals surface area contributed by atoms with Crippen molar-refractivity contribution in [1.82, 2.24) is 0 Å². The smallest absolute Gasteiger partial charge is 0.136 e. The number of allylic oxidation sites excluding steroid dienone is 2. The van der Waals surface area contributed by atoms with E-state index in [0.717, 1.165) is 25.7 Å². The molecule has 5 atom stereocenters. The van der Waals surface area contributed by atoms with Gasteiger partial charge in [-0.05, 0) is 48.9 Å². The molecule has 0 radical (unpaired) electrons. The predicted octanol–water partition coefficient (Wildman–Crippen LogP) is 2.95. The van der Waals surface area contributed by atoms with Gasteiger partial charge in [0.25, 0.3) is 0 Å². The lowest BCUT2D eigenvalue weighted by Gasteiger charge is -2.51. The summed E-state index contributed by atoms with van der Waals surface area (Å²) in [5.74, 6) is 2.14. The number of aliphatic hydroxyl groups is 1. The van der Waals surface area contributed by atoms with Crippen molar-refractivity contribution in [2.75, 3.05) is 0 Å². The molecule has 0 aromatic rings. The maximum Gasteiger partial charge on any atom is 0.136 e. The highest BCUT2D eigenvalue weighted by Gasteiger charge is 2.50. The van der Waals surface area contributed by atoms with Crippen LogP contribution in [0.15, 0.2) is 12.2 Å². The molecule has 0 saturated heterocycles. The van der Waals surface area contributed by atoms with Gasteiger partial charge >= 0.3 is 0 Å². The van der Waals surface area contributed by atoms with E-state index in [4.69, 9.17) is 0 Å². The second kappa shape index (κ2) is 4.19. The molecule has 2 nitrogen and oxygen atoms in total. The molecule has 0 aromatic heterocycles. The normalized spacial score (nSPS) is 46.4. The summed E-state index contributed by atoms with van der Waals surface area (Å²) in [6, 6.07) is 0. The standard InChI is InChI=1S/C16H24O2/c1-16(2)7-3-4-12-11-6-5-10(17)8-13(11)15(18)9-14(12)16/h3-4,10-14,17H,5-9H2,1-2H3/t10-,11-,12+,13?,14-/m0/s1. The molecule has 0 spiro atoms. The molecular formula is C16H24O2. The molecule has 3 aliphatic carbocycles. The minimum absolute atomic E-state index is 0.133. The first-order valence-corrected chi connectivity index (χ1v) is 7.36. The summed E-state index contributed by atoms with van der Waals surface area (Å²) in [5.41, 5.74) is 0.260. The summed E-state index contributed by atoms with van der Waals surface area (Å²) in [6.45, 7) is 4.61. The third-order valence-electron chi connectivity index (χ3n) is 5.68. The Hall–Kier alpha value is -0.630. The molecule has 18 heavy (non-hydrogen) atoms. The molecule has 3 rings (SSSR count). The number of hydrogen-bond donors (Lipinski definition) is 1. The highest BCUT2D eigenvalue weighted by molar-refractivity contribution is 5.83. The van der Waals surface area contributed by atoms with E-state index in [9.17, 15) is 9.90 Å². The van der Waals surface area contributed by atoms with Crippen molar-refractivity contribution in [3.05, 3.63) is 12.2 Å². The Morgan fingerprint density at radius 1 is 1.33 bits per heavy atom. The number of rotatable bonds is 0. The summed E-state index contributed by atoms with van der Waals surface area (Å²) in [7, 11) is 0. The van der Waals surface area contributed by atoms with Gasteiger partial charge < -0.3 is 5.11 Å². The first-order chi connectivity index (χ1) is 8.49. The van der Waals surface area contributed by atoms with E-state index in [-0.39, 0.29) is 17.4 Å². The van der Waals surface area contributed by atoms with Crippen LogP contribution in [0.25, 0.3) is 0 Å². The highest BCUT2D eigenvalue weighted by Crippen LogP contribution is 2.53. The summed E-state index contributed by atoms with van der Waals surface area (Å²) < 4.78 is 0. The zero-order valence-electron chi connectivity index (χ0n) is 11.4. The van der Waals surface area contributed by atoms with Gasteiger partial charge in [-0.15, -0.1) is 0 Å². The number of fused-ring (bicyclic) bond motifs is 3. The third-order valence-corrected chi connectivity index (χ3v) is 5.68. The van der Waals surface area contributed by atoms with Gasteiger partial charge in [0, 0.05) is 12.3 Å². The van der Waals surface area contributed by atoms with Crippen LogP contribution >= 0.6 is 0 Å². The maximum atomic E-state index is 12.4. The Bertz CT molecular complexity index is 383. The minimum atomic E-state index is -0.243. The van der Waals surface area contributed by atoms with Crippen molar-refractivity contribution in [3.63, 3.8) is 0 Å². The lowest BCUT2D eigenvalue weighted by Crippen LogP contribution is -2.49. The average Bonchev–Trinajstić information content (AvgIpc) is 2.31. The van der Waals surface area contributed by atoms with Gasteiger partial charge in [0.1, 0.15) is 5.78 Å². The average molecular weight is 248 g/mol. The zero-order valence-corrected chi connectivity index (χ0v) is 11.4. The second-order valence-corrected chi connectivity index (χ2v) is 7.21. The lowest BCUT2D eigenvalue weighted by molar-refractivity contribution is -0.138. The highest BCUT2D eigenvalue weighted by atomic mass is 16.3. The molecule has 3 aliphatic rings. The van der Waals surface area contributed by atoms with Gasteiger partial charge in [0.05, 0.1) is 6.10 Å². The molecule has 1 unspecified atom stereocenters. The molecule has 100 valence electrons. The van der Waals surface area contributed by atoms with Crippen LogP contribution in [-0.2, 0) is 4.79 Å². The van der Waals surface area contributed by atoms with Gasteiger partial charge in [-0.1, -0.05) is 26.0 Å². The zero-order chi connectivity index (χ0) is 12.9. The molecule has 0 aliphatic heterocycles. The van der Waals surface area contributed by atoms with Gasteiger partial charge in [-0.25, -0.2) is 0 Å². The van der Waals surface area contributed by atoms with Crippen molar-refractivity contribution in [2.24, 2.45) is 29.1 Å². The number of Topliss-reactive ketones (excluding diaryl/α,β-unsaturated/α-hetero) is 1. The number of aliphatic hydroxyl groups excluding tert-OH is 1. The quantitative estimate of drug-likeness (QED) is 0.669. The number of hydrogen-bond acceptors (Lipinski definition) is 2. The van der Waals surface area contributed by atoms with Gasteiger partial charge in [-0.2, -0.15) is 0 Å². The number of carbonyl (C=O) groups excluding carboxylic acids is 1. The topological polar surface area (TPSA) is 37.3 Å². The Kier molecular flexibility index (Phi) is 2.89. The Morgan fingerprint density at radius 2 is 2.11 bits per heavy atom. The first kappa shape index (κ1) is 12.4. The van der Waals surface area contributed by atoms with Crippen LogP contribution in [0.5, 0.6) is 0 Å². The first-order valence-electron chi connectivity index (χ1n) is 7.36. The molecule has 2 heteroatoms.